The molecule has 0 aliphatic heterocycles. The van der Waals surface area contributed by atoms with E-state index in [1.807, 2.05) is 38.2 Å². The number of nitrogens with one attached hydrogen (secondary N) is 1. The molecule has 0 fully saturated rings. The van der Waals surface area contributed by atoms with Crippen molar-refractivity contribution in [1.29, 1.82) is 0 Å². The van der Waals surface area contributed by atoms with Crippen LogP contribution in [0.3, 0.4) is 0 Å². The standard InChI is InChI=1S/C15H16N6O/c1-3-21-9-11(8-17-21)7-16-15(22)14-18-13-6-10(2)4-5-12(13)19-20-14/h4-6,8-9H,3,7H2,1-2H3,(H,16,22). The van der Waals surface area contributed by atoms with E-state index in [-0.39, 0.29) is 11.7 Å². The summed E-state index contributed by atoms with van der Waals surface area (Å²) >= 11 is 0. The maximum atomic E-state index is 12.1. The topological polar surface area (TPSA) is 85.6 Å². The molecule has 7 nitrogen and oxygen atoms in total. The largest absolute Gasteiger partial charge is 0.345 e. The van der Waals surface area contributed by atoms with E-state index in [1.165, 1.54) is 0 Å². The maximum absolute atomic E-state index is 12.1. The second-order valence-corrected chi connectivity index (χ2v) is 5.01. The average molecular weight is 296 g/mol. The van der Waals surface area contributed by atoms with Crippen molar-refractivity contribution in [3.05, 3.63) is 47.5 Å². The number of nitrogens with zero attached hydrogens (tertiary/aromatic N) is 5. The number of carbonyl (C=O) groups is 1. The lowest BCUT2D eigenvalue weighted by Crippen LogP contribution is -2.25. The third-order valence-corrected chi connectivity index (χ3v) is 3.28. The zero-order valence-electron chi connectivity index (χ0n) is 12.4. The molecule has 1 amide bonds. The van der Waals surface area contributed by atoms with Crippen molar-refractivity contribution in [2.75, 3.05) is 0 Å². The van der Waals surface area contributed by atoms with Crippen molar-refractivity contribution >= 4 is 16.9 Å². The number of aryl methyl sites for hydroxylation is 2. The molecule has 7 heteroatoms. The molecule has 0 unspecified atom stereocenters. The molecule has 0 aliphatic carbocycles. The van der Waals surface area contributed by atoms with Crippen molar-refractivity contribution in [3.8, 4) is 0 Å². The smallest absolute Gasteiger partial charge is 0.291 e. The van der Waals surface area contributed by atoms with Gasteiger partial charge in [-0.05, 0) is 31.5 Å². The van der Waals surface area contributed by atoms with Crippen LogP contribution in [-0.4, -0.2) is 30.9 Å². The van der Waals surface area contributed by atoms with Crippen molar-refractivity contribution in [1.82, 2.24) is 30.3 Å². The summed E-state index contributed by atoms with van der Waals surface area (Å²) < 4.78 is 1.80. The molecule has 2 heterocycles. The highest BCUT2D eigenvalue weighted by molar-refractivity contribution is 5.91. The van der Waals surface area contributed by atoms with E-state index in [1.54, 1.807) is 10.9 Å². The first-order valence-corrected chi connectivity index (χ1v) is 7.06. The predicted molar refractivity (Wildman–Crippen MR) is 81.1 cm³/mol. The maximum Gasteiger partial charge on any atom is 0.291 e. The Kier molecular flexibility index (Phi) is 3.78. The molecule has 1 N–H and O–H groups in total. The summed E-state index contributed by atoms with van der Waals surface area (Å²) in [5.41, 5.74) is 3.33. The highest BCUT2D eigenvalue weighted by Crippen LogP contribution is 2.10. The fourth-order valence-corrected chi connectivity index (χ4v) is 2.07. The first-order valence-electron chi connectivity index (χ1n) is 7.06. The van der Waals surface area contributed by atoms with Gasteiger partial charge in [0.25, 0.3) is 5.91 Å². The lowest BCUT2D eigenvalue weighted by Gasteiger charge is -2.03. The summed E-state index contributed by atoms with van der Waals surface area (Å²) in [7, 11) is 0. The van der Waals surface area contributed by atoms with Crippen molar-refractivity contribution in [2.45, 2.75) is 26.9 Å². The van der Waals surface area contributed by atoms with Crippen LogP contribution < -0.4 is 5.32 Å². The fourth-order valence-electron chi connectivity index (χ4n) is 2.07. The van der Waals surface area contributed by atoms with E-state index in [4.69, 9.17) is 0 Å². The minimum Gasteiger partial charge on any atom is -0.345 e. The molecule has 112 valence electrons. The molecule has 22 heavy (non-hydrogen) atoms. The molecule has 3 aromatic rings. The molecule has 1 aromatic carbocycles. The molecular weight excluding hydrogens is 280 g/mol. The fraction of sp³-hybridized carbons (Fsp3) is 0.267. The minimum absolute atomic E-state index is 0.0704. The predicted octanol–water partition coefficient (Wildman–Crippen LogP) is 1.48. The van der Waals surface area contributed by atoms with Gasteiger partial charge in [0.05, 0.1) is 11.7 Å². The van der Waals surface area contributed by atoms with Gasteiger partial charge in [0.2, 0.25) is 5.82 Å². The van der Waals surface area contributed by atoms with Crippen LogP contribution >= 0.6 is 0 Å². The quantitative estimate of drug-likeness (QED) is 0.788. The zero-order valence-corrected chi connectivity index (χ0v) is 12.4. The Balaban J connectivity index is 1.74. The molecule has 2 aromatic heterocycles. The lowest BCUT2D eigenvalue weighted by molar-refractivity contribution is 0.0939. The van der Waals surface area contributed by atoms with Crippen molar-refractivity contribution in [3.63, 3.8) is 0 Å². The van der Waals surface area contributed by atoms with Gasteiger partial charge in [-0.3, -0.25) is 9.48 Å². The van der Waals surface area contributed by atoms with Gasteiger partial charge >= 0.3 is 0 Å². The Bertz CT molecular complexity index is 826. The van der Waals surface area contributed by atoms with Crippen LogP contribution in [-0.2, 0) is 13.1 Å². The number of amides is 1. The second kappa shape index (κ2) is 5.88. The molecule has 0 spiro atoms. The van der Waals surface area contributed by atoms with E-state index >= 15 is 0 Å². The van der Waals surface area contributed by atoms with Crippen LogP contribution in [0, 0.1) is 6.92 Å². The van der Waals surface area contributed by atoms with Gasteiger partial charge in [-0.15, -0.1) is 10.2 Å². The Hall–Kier alpha value is -2.83. The van der Waals surface area contributed by atoms with Gasteiger partial charge in [-0.25, -0.2) is 4.98 Å². The number of fused-ring (bicyclic) bond motifs is 1. The number of hydrogen-bond acceptors (Lipinski definition) is 5. The first kappa shape index (κ1) is 14.1. The second-order valence-electron chi connectivity index (χ2n) is 5.01. The lowest BCUT2D eigenvalue weighted by atomic mass is 10.2. The van der Waals surface area contributed by atoms with E-state index in [9.17, 15) is 4.79 Å². The highest BCUT2D eigenvalue weighted by atomic mass is 16.2. The van der Waals surface area contributed by atoms with E-state index < -0.39 is 0 Å². The third-order valence-electron chi connectivity index (χ3n) is 3.28. The average Bonchev–Trinajstić information content (AvgIpc) is 3.00. The van der Waals surface area contributed by atoms with E-state index in [2.05, 4.69) is 25.6 Å². The molecule has 0 radical (unpaired) electrons. The molecule has 0 bridgehead atoms. The summed E-state index contributed by atoms with van der Waals surface area (Å²) in [6.45, 7) is 5.15. The van der Waals surface area contributed by atoms with Crippen LogP contribution in [0.15, 0.2) is 30.6 Å². The monoisotopic (exact) mass is 296 g/mol. The van der Waals surface area contributed by atoms with Crippen molar-refractivity contribution in [2.24, 2.45) is 0 Å². The van der Waals surface area contributed by atoms with Gasteiger partial charge in [-0.2, -0.15) is 5.10 Å². The van der Waals surface area contributed by atoms with Crippen LogP contribution in [0.5, 0.6) is 0 Å². The summed E-state index contributed by atoms with van der Waals surface area (Å²) in [4.78, 5) is 16.4. The Morgan fingerprint density at radius 3 is 2.91 bits per heavy atom. The number of benzene rings is 1. The van der Waals surface area contributed by atoms with Crippen molar-refractivity contribution < 1.29 is 4.79 Å². The first-order chi connectivity index (χ1) is 10.7. The molecule has 3 rings (SSSR count). The molecule has 0 saturated carbocycles. The normalized spacial score (nSPS) is 10.8. The molecule has 0 atom stereocenters. The number of rotatable bonds is 4. The van der Waals surface area contributed by atoms with Crippen LogP contribution in [0.4, 0.5) is 0 Å². The van der Waals surface area contributed by atoms with Gasteiger partial charge in [0.1, 0.15) is 5.52 Å². The van der Waals surface area contributed by atoms with Gasteiger partial charge < -0.3 is 5.32 Å². The minimum atomic E-state index is -0.347. The summed E-state index contributed by atoms with van der Waals surface area (Å²) in [6.07, 6.45) is 3.62. The van der Waals surface area contributed by atoms with Gasteiger partial charge in [-0.1, -0.05) is 6.07 Å². The third kappa shape index (κ3) is 2.93. The summed E-state index contributed by atoms with van der Waals surface area (Å²) in [5, 5.41) is 14.8. The molecular formula is C15H16N6O. The highest BCUT2D eigenvalue weighted by Gasteiger charge is 2.11. The Morgan fingerprint density at radius 1 is 1.27 bits per heavy atom. The molecule has 0 saturated heterocycles. The summed E-state index contributed by atoms with van der Waals surface area (Å²) in [5.74, 6) is -0.277. The zero-order chi connectivity index (χ0) is 15.5. The van der Waals surface area contributed by atoms with Crippen LogP contribution in [0.1, 0.15) is 28.7 Å². The number of hydrogen-bond donors (Lipinski definition) is 1. The number of aromatic nitrogens is 5. The van der Waals surface area contributed by atoms with Crippen LogP contribution in [0.2, 0.25) is 0 Å². The van der Waals surface area contributed by atoms with E-state index in [0.29, 0.717) is 17.6 Å². The summed E-state index contributed by atoms with van der Waals surface area (Å²) in [6, 6.07) is 5.65. The Morgan fingerprint density at radius 2 is 2.14 bits per heavy atom. The van der Waals surface area contributed by atoms with Crippen LogP contribution in [0.25, 0.3) is 11.0 Å². The Labute approximate surface area is 127 Å². The van der Waals surface area contributed by atoms with Gasteiger partial charge in [0.15, 0.2) is 0 Å². The number of carbonyl (C=O) groups excluding carboxylic acids is 1. The van der Waals surface area contributed by atoms with Gasteiger partial charge in [0, 0.05) is 24.8 Å². The molecule has 0 aliphatic rings. The SMILES string of the molecule is CCn1cc(CNC(=O)c2nnc3ccc(C)cc3n2)cn1. The van der Waals surface area contributed by atoms with E-state index in [0.717, 1.165) is 17.7 Å².